The Labute approximate surface area is 112 Å². The zero-order valence-corrected chi connectivity index (χ0v) is 11.3. The molecule has 1 aliphatic carbocycles. The van der Waals surface area contributed by atoms with Crippen molar-refractivity contribution in [3.8, 4) is 0 Å². The Bertz CT molecular complexity index is 460. The largest absolute Gasteiger partial charge is 0.481 e. The molecule has 0 saturated heterocycles. The molecule has 1 N–H and O–H groups in total. The summed E-state index contributed by atoms with van der Waals surface area (Å²) in [5.74, 6) is -1.43. The maximum absolute atomic E-state index is 14.0. The second-order valence-electron chi connectivity index (χ2n) is 4.30. The maximum atomic E-state index is 14.0. The lowest BCUT2D eigenvalue weighted by atomic mass is 9.90. The van der Waals surface area contributed by atoms with E-state index in [4.69, 9.17) is 16.7 Å². The molecule has 5 heteroatoms. The molecule has 0 radical (unpaired) electrons. The van der Waals surface area contributed by atoms with Crippen molar-refractivity contribution >= 4 is 33.5 Å². The molecule has 1 aromatic carbocycles. The van der Waals surface area contributed by atoms with Crippen LogP contribution < -0.4 is 0 Å². The van der Waals surface area contributed by atoms with Crippen molar-refractivity contribution in [3.05, 3.63) is 33.0 Å². The Kier molecular flexibility index (Phi) is 3.73. The third kappa shape index (κ3) is 2.80. The SMILES string of the molecule is O=C(O)CC(c1c(Cl)ccc(Br)c1F)C1CC1. The Balaban J connectivity index is 2.41. The van der Waals surface area contributed by atoms with Crippen LogP contribution in [0, 0.1) is 11.7 Å². The lowest BCUT2D eigenvalue weighted by Gasteiger charge is -2.17. The Morgan fingerprint density at radius 1 is 1.59 bits per heavy atom. The van der Waals surface area contributed by atoms with E-state index in [-0.39, 0.29) is 18.3 Å². The van der Waals surface area contributed by atoms with E-state index in [1.807, 2.05) is 0 Å². The van der Waals surface area contributed by atoms with Crippen molar-refractivity contribution in [2.75, 3.05) is 0 Å². The number of hydrogen-bond acceptors (Lipinski definition) is 1. The van der Waals surface area contributed by atoms with E-state index in [9.17, 15) is 9.18 Å². The highest BCUT2D eigenvalue weighted by Crippen LogP contribution is 2.47. The fourth-order valence-electron chi connectivity index (χ4n) is 2.07. The fraction of sp³-hybridized carbons (Fsp3) is 0.417. The van der Waals surface area contributed by atoms with Gasteiger partial charge < -0.3 is 5.11 Å². The summed E-state index contributed by atoms with van der Waals surface area (Å²) < 4.78 is 14.4. The zero-order valence-electron chi connectivity index (χ0n) is 8.92. The van der Waals surface area contributed by atoms with E-state index < -0.39 is 11.8 Å². The van der Waals surface area contributed by atoms with Crippen LogP contribution in [0.25, 0.3) is 0 Å². The summed E-state index contributed by atoms with van der Waals surface area (Å²) in [5, 5.41) is 9.20. The molecule has 1 saturated carbocycles. The van der Waals surface area contributed by atoms with Gasteiger partial charge in [0.05, 0.1) is 10.9 Å². The van der Waals surface area contributed by atoms with Gasteiger partial charge in [0.15, 0.2) is 0 Å². The van der Waals surface area contributed by atoms with Gasteiger partial charge in [0.1, 0.15) is 5.82 Å². The van der Waals surface area contributed by atoms with Crippen LogP contribution >= 0.6 is 27.5 Å². The van der Waals surface area contributed by atoms with E-state index >= 15 is 0 Å². The van der Waals surface area contributed by atoms with Crippen LogP contribution in [0.5, 0.6) is 0 Å². The minimum atomic E-state index is -0.919. The summed E-state index contributed by atoms with van der Waals surface area (Å²) in [6.45, 7) is 0. The molecular weight excluding hydrogens is 310 g/mol. The topological polar surface area (TPSA) is 37.3 Å². The van der Waals surface area contributed by atoms with Gasteiger partial charge in [0, 0.05) is 16.5 Å². The van der Waals surface area contributed by atoms with E-state index in [1.165, 1.54) is 6.07 Å². The lowest BCUT2D eigenvalue weighted by molar-refractivity contribution is -0.137. The highest BCUT2D eigenvalue weighted by molar-refractivity contribution is 9.10. The predicted molar refractivity (Wildman–Crippen MR) is 66.8 cm³/mol. The van der Waals surface area contributed by atoms with Gasteiger partial charge in [-0.15, -0.1) is 0 Å². The first kappa shape index (κ1) is 12.8. The molecule has 0 spiro atoms. The molecule has 0 amide bonds. The highest BCUT2D eigenvalue weighted by atomic mass is 79.9. The van der Waals surface area contributed by atoms with Crippen LogP contribution in [-0.2, 0) is 4.79 Å². The molecule has 0 aliphatic heterocycles. The summed E-state index contributed by atoms with van der Waals surface area (Å²) in [6, 6.07) is 3.13. The van der Waals surface area contributed by atoms with E-state index in [0.29, 0.717) is 15.1 Å². The van der Waals surface area contributed by atoms with Gasteiger partial charge >= 0.3 is 5.97 Å². The van der Waals surface area contributed by atoms with Gasteiger partial charge in [-0.05, 0) is 46.8 Å². The molecule has 1 atom stereocenters. The monoisotopic (exact) mass is 320 g/mol. The van der Waals surface area contributed by atoms with E-state index in [0.717, 1.165) is 12.8 Å². The number of aliphatic carboxylic acids is 1. The molecule has 2 rings (SSSR count). The van der Waals surface area contributed by atoms with Gasteiger partial charge in [-0.2, -0.15) is 0 Å². The molecule has 1 aliphatic rings. The number of halogens is 3. The predicted octanol–water partition coefficient (Wildman–Crippen LogP) is 4.21. The molecule has 1 unspecified atom stereocenters. The van der Waals surface area contributed by atoms with Gasteiger partial charge in [0.2, 0.25) is 0 Å². The van der Waals surface area contributed by atoms with Crippen LogP contribution in [0.1, 0.15) is 30.7 Å². The molecule has 0 heterocycles. The van der Waals surface area contributed by atoms with Crippen LogP contribution in [0.2, 0.25) is 5.02 Å². The highest BCUT2D eigenvalue weighted by Gasteiger charge is 2.36. The zero-order chi connectivity index (χ0) is 12.6. The Morgan fingerprint density at radius 3 is 2.76 bits per heavy atom. The summed E-state index contributed by atoms with van der Waals surface area (Å²) in [6.07, 6.45) is 1.82. The molecule has 0 bridgehead atoms. The smallest absolute Gasteiger partial charge is 0.303 e. The molecule has 2 nitrogen and oxygen atoms in total. The number of carboxylic acids is 1. The van der Waals surface area contributed by atoms with Gasteiger partial charge in [-0.3, -0.25) is 4.79 Å². The molecule has 92 valence electrons. The molecule has 1 fully saturated rings. The average Bonchev–Trinajstić information content (AvgIpc) is 3.06. The van der Waals surface area contributed by atoms with Crippen molar-refractivity contribution in [1.29, 1.82) is 0 Å². The third-order valence-electron chi connectivity index (χ3n) is 3.04. The Hall–Kier alpha value is -0.610. The molecule has 1 aromatic rings. The van der Waals surface area contributed by atoms with Crippen LogP contribution in [0.15, 0.2) is 16.6 Å². The third-order valence-corrected chi connectivity index (χ3v) is 3.98. The van der Waals surface area contributed by atoms with Gasteiger partial charge in [0.25, 0.3) is 0 Å². The minimum absolute atomic E-state index is 0.0717. The second-order valence-corrected chi connectivity index (χ2v) is 5.56. The van der Waals surface area contributed by atoms with Gasteiger partial charge in [-0.25, -0.2) is 4.39 Å². The number of benzene rings is 1. The normalized spacial score (nSPS) is 16.9. The van der Waals surface area contributed by atoms with Crippen molar-refractivity contribution in [2.45, 2.75) is 25.2 Å². The second kappa shape index (κ2) is 4.94. The maximum Gasteiger partial charge on any atom is 0.303 e. The number of hydrogen-bond donors (Lipinski definition) is 1. The van der Waals surface area contributed by atoms with Crippen molar-refractivity contribution in [2.24, 2.45) is 5.92 Å². The van der Waals surface area contributed by atoms with Crippen LogP contribution in [0.4, 0.5) is 4.39 Å². The van der Waals surface area contributed by atoms with Crippen LogP contribution in [-0.4, -0.2) is 11.1 Å². The average molecular weight is 322 g/mol. The fourth-order valence-corrected chi connectivity index (χ4v) is 2.71. The Morgan fingerprint density at radius 2 is 2.24 bits per heavy atom. The van der Waals surface area contributed by atoms with E-state index in [1.54, 1.807) is 6.07 Å². The molecule has 0 aromatic heterocycles. The quantitative estimate of drug-likeness (QED) is 0.844. The van der Waals surface area contributed by atoms with Crippen molar-refractivity contribution in [3.63, 3.8) is 0 Å². The number of carbonyl (C=O) groups is 1. The number of rotatable bonds is 4. The standard InChI is InChI=1S/C12H11BrClFO2/c13-8-3-4-9(14)11(12(8)15)7(5-10(16)17)6-1-2-6/h3-4,6-7H,1-2,5H2,(H,16,17). The first-order valence-corrected chi connectivity index (χ1v) is 6.53. The summed E-state index contributed by atoms with van der Waals surface area (Å²) in [7, 11) is 0. The summed E-state index contributed by atoms with van der Waals surface area (Å²) in [4.78, 5) is 10.8. The first-order chi connectivity index (χ1) is 8.00. The number of carboxylic acid groups (broad SMARTS) is 1. The first-order valence-electron chi connectivity index (χ1n) is 5.36. The summed E-state index contributed by atoms with van der Waals surface area (Å²) >= 11 is 9.10. The van der Waals surface area contributed by atoms with Gasteiger partial charge in [-0.1, -0.05) is 11.6 Å². The molecular formula is C12H11BrClFO2. The van der Waals surface area contributed by atoms with E-state index in [2.05, 4.69) is 15.9 Å². The van der Waals surface area contributed by atoms with Crippen molar-refractivity contribution < 1.29 is 14.3 Å². The van der Waals surface area contributed by atoms with Crippen LogP contribution in [0.3, 0.4) is 0 Å². The molecule has 17 heavy (non-hydrogen) atoms. The van der Waals surface area contributed by atoms with Crippen molar-refractivity contribution in [1.82, 2.24) is 0 Å². The lowest BCUT2D eigenvalue weighted by Crippen LogP contribution is -2.11. The minimum Gasteiger partial charge on any atom is -0.481 e. The summed E-state index contributed by atoms with van der Waals surface area (Å²) in [5.41, 5.74) is 0.339.